The maximum absolute atomic E-state index is 13.4. The highest BCUT2D eigenvalue weighted by molar-refractivity contribution is 7.11. The molecule has 5 rings (SSSR count). The van der Waals surface area contributed by atoms with E-state index < -0.39 is 11.9 Å². The standard InChI is InChI=1S/C27H33F3N2O3S/c1-16(25(33)34-3)23(19-5-6-19)20-7-4-18-8-9-26(35-21(18)14-20)10-12-32(13-11-26)15-22-24(27(28,29)30)31-17(2)36-22/h4,7,14,16,19,23H,5-6,8-13,15H2,1-3H3/t16-,23-/m0/s1. The van der Waals surface area contributed by atoms with E-state index in [0.29, 0.717) is 28.9 Å². The molecule has 1 aliphatic carbocycles. The number of likely N-dealkylation sites (tertiary alicyclic amines) is 1. The third-order valence-corrected chi connectivity index (χ3v) is 9.06. The summed E-state index contributed by atoms with van der Waals surface area (Å²) in [6.07, 6.45) is 1.21. The van der Waals surface area contributed by atoms with Crippen molar-refractivity contribution in [2.45, 2.75) is 76.6 Å². The van der Waals surface area contributed by atoms with E-state index in [0.717, 1.165) is 61.2 Å². The van der Waals surface area contributed by atoms with Gasteiger partial charge in [0.2, 0.25) is 0 Å². The van der Waals surface area contributed by atoms with Gasteiger partial charge in [0.25, 0.3) is 0 Å². The Labute approximate surface area is 214 Å². The third kappa shape index (κ3) is 5.14. The number of hydrogen-bond donors (Lipinski definition) is 0. The van der Waals surface area contributed by atoms with Crippen molar-refractivity contribution in [3.05, 3.63) is 44.9 Å². The second kappa shape index (κ2) is 9.63. The highest BCUT2D eigenvalue weighted by Gasteiger charge is 2.43. The maximum Gasteiger partial charge on any atom is 0.434 e. The molecule has 1 saturated heterocycles. The lowest BCUT2D eigenvalue weighted by Crippen LogP contribution is -2.49. The van der Waals surface area contributed by atoms with Crippen molar-refractivity contribution in [2.24, 2.45) is 11.8 Å². The molecule has 1 spiro atoms. The fourth-order valence-corrected chi connectivity index (χ4v) is 6.95. The average molecular weight is 523 g/mol. The van der Waals surface area contributed by atoms with Gasteiger partial charge in [-0.15, -0.1) is 11.3 Å². The number of rotatable bonds is 6. The minimum Gasteiger partial charge on any atom is -0.487 e. The fraction of sp³-hybridized carbons (Fsp3) is 0.630. The molecule has 1 aromatic carbocycles. The van der Waals surface area contributed by atoms with Crippen LogP contribution in [0.1, 0.15) is 71.7 Å². The number of thiazole rings is 1. The predicted octanol–water partition coefficient (Wildman–Crippen LogP) is 6.13. The number of fused-ring (bicyclic) bond motifs is 1. The topological polar surface area (TPSA) is 51.7 Å². The van der Waals surface area contributed by atoms with Crippen molar-refractivity contribution in [2.75, 3.05) is 20.2 Å². The molecule has 0 unspecified atom stereocenters. The zero-order chi connectivity index (χ0) is 25.7. The molecule has 2 fully saturated rings. The van der Waals surface area contributed by atoms with Crippen LogP contribution in [0.2, 0.25) is 0 Å². The number of esters is 1. The van der Waals surface area contributed by atoms with Gasteiger partial charge in [0.05, 0.1) is 22.9 Å². The monoisotopic (exact) mass is 522 g/mol. The number of ether oxygens (including phenoxy) is 2. The molecule has 1 saturated carbocycles. The molecule has 3 heterocycles. The van der Waals surface area contributed by atoms with Crippen LogP contribution in [0.25, 0.3) is 0 Å². The Kier molecular flexibility index (Phi) is 6.83. The molecule has 1 aromatic heterocycles. The van der Waals surface area contributed by atoms with Crippen LogP contribution in [0.5, 0.6) is 5.75 Å². The maximum atomic E-state index is 13.4. The molecule has 0 N–H and O–H groups in total. The lowest BCUT2D eigenvalue weighted by Gasteiger charge is -2.44. The van der Waals surface area contributed by atoms with Crippen LogP contribution in [-0.4, -0.2) is 41.7 Å². The molecule has 0 bridgehead atoms. The fourth-order valence-electron chi connectivity index (χ4n) is 5.96. The second-order valence-corrected chi connectivity index (χ2v) is 11.9. The van der Waals surface area contributed by atoms with E-state index in [1.54, 1.807) is 6.92 Å². The highest BCUT2D eigenvalue weighted by atomic mass is 32.1. The van der Waals surface area contributed by atoms with Gasteiger partial charge in [-0.1, -0.05) is 19.1 Å². The summed E-state index contributed by atoms with van der Waals surface area (Å²) in [7, 11) is 1.44. The summed E-state index contributed by atoms with van der Waals surface area (Å²) in [5.74, 6) is 1.12. The Hall–Kier alpha value is -2.13. The number of nitrogens with zero attached hydrogens (tertiary/aromatic N) is 2. The Balaban J connectivity index is 1.28. The number of carbonyl (C=O) groups excluding carboxylic acids is 1. The van der Waals surface area contributed by atoms with Gasteiger partial charge in [0.1, 0.15) is 11.4 Å². The van der Waals surface area contributed by atoms with E-state index in [9.17, 15) is 18.0 Å². The average Bonchev–Trinajstić information content (AvgIpc) is 3.60. The second-order valence-electron chi connectivity index (χ2n) is 10.6. The number of carbonyl (C=O) groups is 1. The van der Waals surface area contributed by atoms with Gasteiger partial charge in [-0.2, -0.15) is 13.2 Å². The molecule has 5 nitrogen and oxygen atoms in total. The molecule has 9 heteroatoms. The summed E-state index contributed by atoms with van der Waals surface area (Å²) < 4.78 is 51.8. The number of aryl methyl sites for hydroxylation is 2. The molecule has 2 aliphatic heterocycles. The zero-order valence-corrected chi connectivity index (χ0v) is 21.8. The quantitative estimate of drug-likeness (QED) is 0.427. The van der Waals surface area contributed by atoms with Crippen LogP contribution in [0.3, 0.4) is 0 Å². The number of methoxy groups -OCH3 is 1. The summed E-state index contributed by atoms with van der Waals surface area (Å²) in [4.78, 5) is 18.4. The lowest BCUT2D eigenvalue weighted by atomic mass is 9.80. The van der Waals surface area contributed by atoms with Gasteiger partial charge in [-0.3, -0.25) is 9.69 Å². The first-order valence-electron chi connectivity index (χ1n) is 12.7. The van der Waals surface area contributed by atoms with Crippen molar-refractivity contribution in [3.63, 3.8) is 0 Å². The summed E-state index contributed by atoms with van der Waals surface area (Å²) in [5.41, 5.74) is 1.28. The van der Waals surface area contributed by atoms with E-state index in [2.05, 4.69) is 28.1 Å². The van der Waals surface area contributed by atoms with Gasteiger partial charge in [0.15, 0.2) is 5.69 Å². The number of halogens is 3. The van der Waals surface area contributed by atoms with E-state index in [4.69, 9.17) is 9.47 Å². The van der Waals surface area contributed by atoms with Crippen molar-refractivity contribution in [1.82, 2.24) is 9.88 Å². The lowest BCUT2D eigenvalue weighted by molar-refractivity contribution is -0.146. The summed E-state index contributed by atoms with van der Waals surface area (Å²) in [6, 6.07) is 6.40. The van der Waals surface area contributed by atoms with Crippen LogP contribution in [0.4, 0.5) is 13.2 Å². The number of aromatic nitrogens is 1. The normalized spacial score (nSPS) is 21.5. The van der Waals surface area contributed by atoms with Crippen LogP contribution >= 0.6 is 11.3 Å². The van der Waals surface area contributed by atoms with Gasteiger partial charge >= 0.3 is 12.1 Å². The van der Waals surface area contributed by atoms with Crippen LogP contribution < -0.4 is 4.74 Å². The molecule has 0 amide bonds. The third-order valence-electron chi connectivity index (χ3n) is 8.10. The molecule has 0 radical (unpaired) electrons. The summed E-state index contributed by atoms with van der Waals surface area (Å²) >= 11 is 1.13. The number of hydrogen-bond acceptors (Lipinski definition) is 6. The molecular weight excluding hydrogens is 489 g/mol. The number of alkyl halides is 3. The van der Waals surface area contributed by atoms with Crippen molar-refractivity contribution in [3.8, 4) is 5.75 Å². The van der Waals surface area contributed by atoms with Gasteiger partial charge in [-0.05, 0) is 74.5 Å². The largest absolute Gasteiger partial charge is 0.487 e. The molecule has 3 aliphatic rings. The molecular formula is C27H33F3N2O3S. The van der Waals surface area contributed by atoms with E-state index in [1.165, 1.54) is 12.7 Å². The van der Waals surface area contributed by atoms with E-state index in [1.807, 2.05) is 6.92 Å². The Bertz CT molecular complexity index is 1120. The highest BCUT2D eigenvalue weighted by Crippen LogP contribution is 2.49. The van der Waals surface area contributed by atoms with Crippen molar-refractivity contribution in [1.29, 1.82) is 0 Å². The smallest absolute Gasteiger partial charge is 0.434 e. The Morgan fingerprint density at radius 1 is 1.28 bits per heavy atom. The van der Waals surface area contributed by atoms with Crippen LogP contribution in [0.15, 0.2) is 18.2 Å². The predicted molar refractivity (Wildman–Crippen MR) is 131 cm³/mol. The molecule has 2 aromatic rings. The molecule has 36 heavy (non-hydrogen) atoms. The van der Waals surface area contributed by atoms with E-state index >= 15 is 0 Å². The van der Waals surface area contributed by atoms with Crippen molar-refractivity contribution >= 4 is 17.3 Å². The first kappa shape index (κ1) is 25.5. The summed E-state index contributed by atoms with van der Waals surface area (Å²) in [5, 5.41) is 0.444. The minimum absolute atomic E-state index is 0.122. The first-order chi connectivity index (χ1) is 17.1. The summed E-state index contributed by atoms with van der Waals surface area (Å²) in [6.45, 7) is 5.21. The van der Waals surface area contributed by atoms with Gasteiger partial charge < -0.3 is 9.47 Å². The molecule has 2 atom stereocenters. The van der Waals surface area contributed by atoms with E-state index in [-0.39, 0.29) is 30.0 Å². The van der Waals surface area contributed by atoms with Crippen LogP contribution in [0, 0.1) is 18.8 Å². The van der Waals surface area contributed by atoms with Crippen LogP contribution in [-0.2, 0) is 28.7 Å². The number of benzene rings is 1. The first-order valence-corrected chi connectivity index (χ1v) is 13.6. The SMILES string of the molecule is COC(=O)[C@@H](C)[C@H](c1ccc2c(c1)OC1(CC2)CCN(Cc2sc(C)nc2C(F)(F)F)CC1)C1CC1. The van der Waals surface area contributed by atoms with Crippen molar-refractivity contribution < 1.29 is 27.4 Å². The zero-order valence-electron chi connectivity index (χ0n) is 21.0. The number of piperidine rings is 1. The Morgan fingerprint density at radius 2 is 2.00 bits per heavy atom. The van der Waals surface area contributed by atoms with Gasteiger partial charge in [-0.25, -0.2) is 4.98 Å². The Morgan fingerprint density at radius 3 is 2.64 bits per heavy atom. The minimum atomic E-state index is -4.42. The molecule has 196 valence electrons. The van der Waals surface area contributed by atoms with Gasteiger partial charge in [0, 0.05) is 19.6 Å².